The van der Waals surface area contributed by atoms with Gasteiger partial charge in [0, 0.05) is 37.6 Å². The average molecular weight is 474 g/mol. The summed E-state index contributed by atoms with van der Waals surface area (Å²) < 4.78 is 36.0. The zero-order chi connectivity index (χ0) is 24.0. The SMILES string of the molecule is COc1ccc(S(=O)(=O)N(C)C)cc1NC(=O)COC(=O)CCCc1c[nH]c2ccccc12. The number of rotatable bonds is 10. The van der Waals surface area contributed by atoms with Crippen molar-refractivity contribution in [2.75, 3.05) is 33.1 Å². The summed E-state index contributed by atoms with van der Waals surface area (Å²) in [7, 11) is 0.537. The van der Waals surface area contributed by atoms with E-state index in [9.17, 15) is 18.0 Å². The largest absolute Gasteiger partial charge is 0.495 e. The van der Waals surface area contributed by atoms with Crippen molar-refractivity contribution in [1.29, 1.82) is 0 Å². The van der Waals surface area contributed by atoms with Crippen LogP contribution in [0, 0.1) is 0 Å². The summed E-state index contributed by atoms with van der Waals surface area (Å²) >= 11 is 0. The van der Waals surface area contributed by atoms with E-state index >= 15 is 0 Å². The van der Waals surface area contributed by atoms with Crippen LogP contribution in [0.15, 0.2) is 53.6 Å². The number of aryl methyl sites for hydroxylation is 1. The lowest BCUT2D eigenvalue weighted by Gasteiger charge is -2.15. The van der Waals surface area contributed by atoms with Gasteiger partial charge < -0.3 is 19.8 Å². The molecular formula is C23H27N3O6S. The zero-order valence-electron chi connectivity index (χ0n) is 18.8. The van der Waals surface area contributed by atoms with Crippen molar-refractivity contribution in [2.24, 2.45) is 0 Å². The topological polar surface area (TPSA) is 118 Å². The van der Waals surface area contributed by atoms with Crippen LogP contribution < -0.4 is 10.1 Å². The van der Waals surface area contributed by atoms with Crippen molar-refractivity contribution in [2.45, 2.75) is 24.2 Å². The van der Waals surface area contributed by atoms with Gasteiger partial charge in [-0.1, -0.05) is 18.2 Å². The maximum Gasteiger partial charge on any atom is 0.306 e. The van der Waals surface area contributed by atoms with E-state index in [0.29, 0.717) is 12.8 Å². The number of nitrogens with one attached hydrogen (secondary N) is 2. The first-order valence-electron chi connectivity index (χ1n) is 10.3. The molecule has 0 aliphatic carbocycles. The Bertz CT molecular complexity index is 1250. The number of aromatic nitrogens is 1. The maximum atomic E-state index is 12.3. The number of benzene rings is 2. The van der Waals surface area contributed by atoms with E-state index in [2.05, 4.69) is 10.3 Å². The Labute approximate surface area is 192 Å². The summed E-state index contributed by atoms with van der Waals surface area (Å²) in [6.07, 6.45) is 3.39. The third kappa shape index (κ3) is 5.91. The van der Waals surface area contributed by atoms with E-state index < -0.39 is 28.5 Å². The highest BCUT2D eigenvalue weighted by atomic mass is 32.2. The summed E-state index contributed by atoms with van der Waals surface area (Å²) in [4.78, 5) is 27.5. The molecule has 1 aromatic heterocycles. The molecule has 176 valence electrons. The molecule has 0 radical (unpaired) electrons. The van der Waals surface area contributed by atoms with Gasteiger partial charge in [0.25, 0.3) is 5.91 Å². The summed E-state index contributed by atoms with van der Waals surface area (Å²) in [6, 6.07) is 12.1. The van der Waals surface area contributed by atoms with Crippen molar-refractivity contribution in [3.8, 4) is 5.75 Å². The van der Waals surface area contributed by atoms with E-state index in [0.717, 1.165) is 20.8 Å². The van der Waals surface area contributed by atoms with E-state index in [1.807, 2.05) is 30.5 Å². The molecule has 0 spiro atoms. The van der Waals surface area contributed by atoms with Crippen LogP contribution in [0.1, 0.15) is 18.4 Å². The van der Waals surface area contributed by atoms with Gasteiger partial charge in [0.05, 0.1) is 17.7 Å². The first-order valence-corrected chi connectivity index (χ1v) is 11.8. The van der Waals surface area contributed by atoms with Gasteiger partial charge in [0.1, 0.15) is 5.75 Å². The molecule has 10 heteroatoms. The van der Waals surface area contributed by atoms with E-state index in [1.165, 1.54) is 39.4 Å². The molecule has 0 fully saturated rings. The summed E-state index contributed by atoms with van der Waals surface area (Å²) in [5.74, 6) is -0.801. The van der Waals surface area contributed by atoms with Gasteiger partial charge in [-0.25, -0.2) is 12.7 Å². The van der Waals surface area contributed by atoms with Crippen LogP contribution in [-0.4, -0.2) is 57.4 Å². The van der Waals surface area contributed by atoms with Crippen LogP contribution in [-0.2, 0) is 30.8 Å². The number of hydrogen-bond acceptors (Lipinski definition) is 6. The normalized spacial score (nSPS) is 11.5. The zero-order valence-corrected chi connectivity index (χ0v) is 19.6. The van der Waals surface area contributed by atoms with Gasteiger partial charge in [0.2, 0.25) is 10.0 Å². The first kappa shape index (κ1) is 24.3. The third-order valence-corrected chi connectivity index (χ3v) is 6.90. The highest BCUT2D eigenvalue weighted by molar-refractivity contribution is 7.89. The maximum absolute atomic E-state index is 12.3. The van der Waals surface area contributed by atoms with Crippen molar-refractivity contribution < 1.29 is 27.5 Å². The molecule has 2 N–H and O–H groups in total. The number of methoxy groups -OCH3 is 1. The fourth-order valence-electron chi connectivity index (χ4n) is 3.32. The van der Waals surface area contributed by atoms with Crippen LogP contribution in [0.25, 0.3) is 10.9 Å². The standard InChI is InChI=1S/C23H27N3O6S/c1-26(2)33(29,30)17-11-12-21(31-3)20(13-17)25-22(27)15-32-23(28)10-6-7-16-14-24-19-9-5-4-8-18(16)19/h4-5,8-9,11-14,24H,6-7,10,15H2,1-3H3,(H,25,27). The van der Waals surface area contributed by atoms with E-state index in [4.69, 9.17) is 9.47 Å². The number of para-hydroxylation sites is 1. The summed E-state index contributed by atoms with van der Waals surface area (Å²) in [6.45, 7) is -0.486. The highest BCUT2D eigenvalue weighted by Crippen LogP contribution is 2.28. The second-order valence-electron chi connectivity index (χ2n) is 7.57. The number of esters is 1. The molecule has 9 nitrogen and oxygen atoms in total. The summed E-state index contributed by atoms with van der Waals surface area (Å²) in [5, 5.41) is 3.66. The van der Waals surface area contributed by atoms with Crippen molar-refractivity contribution in [3.05, 3.63) is 54.2 Å². The highest BCUT2D eigenvalue weighted by Gasteiger charge is 2.20. The van der Waals surface area contributed by atoms with Gasteiger partial charge in [-0.15, -0.1) is 0 Å². The average Bonchev–Trinajstić information content (AvgIpc) is 3.20. The molecule has 0 aliphatic heterocycles. The smallest absolute Gasteiger partial charge is 0.306 e. The molecule has 0 bridgehead atoms. The number of carbonyl (C=O) groups is 2. The lowest BCUT2D eigenvalue weighted by Crippen LogP contribution is -2.23. The molecule has 1 amide bonds. The molecule has 0 saturated carbocycles. The quantitative estimate of drug-likeness (QED) is 0.437. The third-order valence-electron chi connectivity index (χ3n) is 5.09. The van der Waals surface area contributed by atoms with Gasteiger partial charge >= 0.3 is 5.97 Å². The number of anilines is 1. The summed E-state index contributed by atoms with van der Waals surface area (Å²) in [5.41, 5.74) is 2.33. The lowest BCUT2D eigenvalue weighted by atomic mass is 10.1. The van der Waals surface area contributed by atoms with Gasteiger partial charge in [-0.3, -0.25) is 9.59 Å². The minimum Gasteiger partial charge on any atom is -0.495 e. The molecule has 0 atom stereocenters. The number of nitrogens with zero attached hydrogens (tertiary/aromatic N) is 1. The number of H-pyrrole nitrogens is 1. The Kier molecular flexibility index (Phi) is 7.72. The molecule has 0 saturated heterocycles. The van der Waals surface area contributed by atoms with Crippen molar-refractivity contribution in [3.63, 3.8) is 0 Å². The van der Waals surface area contributed by atoms with Crippen molar-refractivity contribution in [1.82, 2.24) is 9.29 Å². The number of carbonyl (C=O) groups excluding carboxylic acids is 2. The van der Waals surface area contributed by atoms with Crippen LogP contribution in [0.2, 0.25) is 0 Å². The molecule has 0 unspecified atom stereocenters. The fraction of sp³-hybridized carbons (Fsp3) is 0.304. The second kappa shape index (κ2) is 10.5. The Morgan fingerprint density at radius 3 is 2.61 bits per heavy atom. The molecule has 3 rings (SSSR count). The number of sulfonamides is 1. The number of hydrogen-bond donors (Lipinski definition) is 2. The van der Waals surface area contributed by atoms with Gasteiger partial charge in [-0.05, 0) is 42.7 Å². The van der Waals surface area contributed by atoms with Crippen LogP contribution in [0.4, 0.5) is 5.69 Å². The molecule has 1 heterocycles. The molecule has 3 aromatic rings. The first-order chi connectivity index (χ1) is 15.7. The van der Waals surface area contributed by atoms with Crippen LogP contribution >= 0.6 is 0 Å². The molecule has 33 heavy (non-hydrogen) atoms. The van der Waals surface area contributed by atoms with E-state index in [1.54, 1.807) is 0 Å². The predicted molar refractivity (Wildman–Crippen MR) is 125 cm³/mol. The molecule has 2 aromatic carbocycles. The second-order valence-corrected chi connectivity index (χ2v) is 9.72. The van der Waals surface area contributed by atoms with Gasteiger partial charge in [-0.2, -0.15) is 0 Å². The molecule has 0 aliphatic rings. The van der Waals surface area contributed by atoms with Crippen LogP contribution in [0.3, 0.4) is 0 Å². The number of fused-ring (bicyclic) bond motifs is 1. The Hall–Kier alpha value is -3.37. The minimum atomic E-state index is -3.69. The lowest BCUT2D eigenvalue weighted by molar-refractivity contribution is -0.147. The number of amides is 1. The minimum absolute atomic E-state index is 0.00197. The number of ether oxygens (including phenoxy) is 2. The Morgan fingerprint density at radius 2 is 1.88 bits per heavy atom. The van der Waals surface area contributed by atoms with E-state index in [-0.39, 0.29) is 22.8 Å². The monoisotopic (exact) mass is 473 g/mol. The fourth-order valence-corrected chi connectivity index (χ4v) is 4.25. The predicted octanol–water partition coefficient (Wildman–Crippen LogP) is 2.93. The molecular weight excluding hydrogens is 446 g/mol. The Morgan fingerprint density at radius 1 is 1.12 bits per heavy atom. The number of aromatic amines is 1. The van der Waals surface area contributed by atoms with Gasteiger partial charge in [0.15, 0.2) is 6.61 Å². The Balaban J connectivity index is 1.52. The van der Waals surface area contributed by atoms with Crippen LogP contribution in [0.5, 0.6) is 5.75 Å². The van der Waals surface area contributed by atoms with Crippen molar-refractivity contribution >= 4 is 38.5 Å².